The van der Waals surface area contributed by atoms with Gasteiger partial charge in [0.1, 0.15) is 5.52 Å². The average Bonchev–Trinajstić information content (AvgIpc) is 3.05. The lowest BCUT2D eigenvalue weighted by Crippen LogP contribution is -2.12. The number of carbonyl (C=O) groups is 1. The van der Waals surface area contributed by atoms with Crippen molar-refractivity contribution in [1.29, 1.82) is 0 Å². The molecule has 6 heteroatoms. The van der Waals surface area contributed by atoms with E-state index in [1.54, 1.807) is 30.3 Å². The maximum atomic E-state index is 12.3. The Morgan fingerprint density at radius 3 is 2.31 bits per heavy atom. The molecule has 0 aliphatic heterocycles. The highest BCUT2D eigenvalue weighted by atomic mass is 16.3. The molecule has 3 aromatic carbocycles. The predicted octanol–water partition coefficient (Wildman–Crippen LogP) is 3.91. The van der Waals surface area contributed by atoms with Gasteiger partial charge in [-0.3, -0.25) is 4.79 Å². The topological polar surface area (TPSA) is 107 Å². The van der Waals surface area contributed by atoms with Crippen LogP contribution in [0.15, 0.2) is 71.1 Å². The summed E-state index contributed by atoms with van der Waals surface area (Å²) in [6.07, 6.45) is 0. The minimum Gasteiger partial charge on any atom is -0.436 e. The van der Waals surface area contributed by atoms with E-state index in [0.717, 1.165) is 16.7 Å². The Hall–Kier alpha value is -3.80. The number of para-hydroxylation sites is 2. The van der Waals surface area contributed by atoms with Crippen LogP contribution in [-0.4, -0.2) is 10.9 Å². The van der Waals surface area contributed by atoms with Crippen LogP contribution < -0.4 is 16.8 Å². The Bertz CT molecular complexity index is 1050. The zero-order valence-electron chi connectivity index (χ0n) is 13.8. The molecule has 0 aliphatic carbocycles. The predicted molar refractivity (Wildman–Crippen MR) is 103 cm³/mol. The van der Waals surface area contributed by atoms with Gasteiger partial charge in [-0.25, -0.2) is 4.98 Å². The highest BCUT2D eigenvalue weighted by Gasteiger charge is 2.10. The lowest BCUT2D eigenvalue weighted by molar-refractivity contribution is 0.102. The number of aromatic nitrogens is 1. The van der Waals surface area contributed by atoms with Crippen LogP contribution in [0, 0.1) is 0 Å². The fourth-order valence-electron chi connectivity index (χ4n) is 2.70. The SMILES string of the molecule is Nc1cc(N)cc(C(=O)Nc2ccc(-c3nc4ccccc4o3)cc2)c1. The van der Waals surface area contributed by atoms with E-state index in [-0.39, 0.29) is 5.91 Å². The fraction of sp³-hybridized carbons (Fsp3) is 0. The molecule has 128 valence electrons. The molecule has 1 heterocycles. The molecule has 4 rings (SSSR count). The van der Waals surface area contributed by atoms with Gasteiger partial charge in [-0.1, -0.05) is 12.1 Å². The van der Waals surface area contributed by atoms with E-state index >= 15 is 0 Å². The number of rotatable bonds is 3. The summed E-state index contributed by atoms with van der Waals surface area (Å²) in [5, 5.41) is 2.82. The largest absolute Gasteiger partial charge is 0.436 e. The van der Waals surface area contributed by atoms with Crippen LogP contribution in [0.5, 0.6) is 0 Å². The second kappa shape index (κ2) is 6.25. The molecule has 0 unspecified atom stereocenters. The van der Waals surface area contributed by atoms with E-state index in [1.807, 2.05) is 36.4 Å². The zero-order valence-corrected chi connectivity index (χ0v) is 13.8. The van der Waals surface area contributed by atoms with Crippen LogP contribution in [0.2, 0.25) is 0 Å². The van der Waals surface area contributed by atoms with Crippen LogP contribution in [0.4, 0.5) is 17.1 Å². The van der Waals surface area contributed by atoms with Crippen molar-refractivity contribution in [3.63, 3.8) is 0 Å². The number of fused-ring (bicyclic) bond motifs is 1. The Labute approximate surface area is 149 Å². The van der Waals surface area contributed by atoms with Gasteiger partial charge in [0.25, 0.3) is 5.91 Å². The number of amides is 1. The summed E-state index contributed by atoms with van der Waals surface area (Å²) in [5.41, 5.74) is 15.8. The van der Waals surface area contributed by atoms with Gasteiger partial charge in [-0.15, -0.1) is 0 Å². The maximum Gasteiger partial charge on any atom is 0.255 e. The molecule has 0 radical (unpaired) electrons. The molecule has 0 bridgehead atoms. The number of nitrogens with two attached hydrogens (primary N) is 2. The zero-order chi connectivity index (χ0) is 18.1. The smallest absolute Gasteiger partial charge is 0.255 e. The Morgan fingerprint density at radius 1 is 0.923 bits per heavy atom. The van der Waals surface area contributed by atoms with E-state index in [9.17, 15) is 4.79 Å². The van der Waals surface area contributed by atoms with Crippen molar-refractivity contribution >= 4 is 34.1 Å². The Balaban J connectivity index is 1.55. The average molecular weight is 344 g/mol. The molecule has 0 saturated carbocycles. The first-order valence-electron chi connectivity index (χ1n) is 8.02. The third kappa shape index (κ3) is 3.08. The lowest BCUT2D eigenvalue weighted by Gasteiger charge is -2.07. The van der Waals surface area contributed by atoms with Crippen molar-refractivity contribution < 1.29 is 9.21 Å². The number of carbonyl (C=O) groups excluding carboxylic acids is 1. The molecule has 0 aliphatic rings. The van der Waals surface area contributed by atoms with Crippen molar-refractivity contribution in [2.75, 3.05) is 16.8 Å². The second-order valence-corrected chi connectivity index (χ2v) is 5.91. The van der Waals surface area contributed by atoms with Gasteiger partial charge in [0.2, 0.25) is 5.89 Å². The lowest BCUT2D eigenvalue weighted by atomic mass is 10.1. The van der Waals surface area contributed by atoms with Crippen LogP contribution in [0.3, 0.4) is 0 Å². The van der Waals surface area contributed by atoms with Gasteiger partial charge < -0.3 is 21.2 Å². The van der Waals surface area contributed by atoms with Crippen molar-refractivity contribution in [2.24, 2.45) is 0 Å². The molecular formula is C20H16N4O2. The Morgan fingerprint density at radius 2 is 1.62 bits per heavy atom. The highest BCUT2D eigenvalue weighted by Crippen LogP contribution is 2.25. The van der Waals surface area contributed by atoms with Gasteiger partial charge in [0, 0.05) is 28.2 Å². The van der Waals surface area contributed by atoms with Crippen molar-refractivity contribution in [3.05, 3.63) is 72.3 Å². The summed E-state index contributed by atoms with van der Waals surface area (Å²) in [5.74, 6) is 0.256. The van der Waals surface area contributed by atoms with Crippen LogP contribution >= 0.6 is 0 Å². The first-order chi connectivity index (χ1) is 12.6. The van der Waals surface area contributed by atoms with Crippen molar-refractivity contribution in [2.45, 2.75) is 0 Å². The third-order valence-electron chi connectivity index (χ3n) is 3.92. The number of nitrogens with one attached hydrogen (secondary N) is 1. The molecule has 26 heavy (non-hydrogen) atoms. The van der Waals surface area contributed by atoms with Gasteiger partial charge >= 0.3 is 0 Å². The summed E-state index contributed by atoms with van der Waals surface area (Å²) in [6, 6.07) is 19.6. The normalized spacial score (nSPS) is 10.8. The second-order valence-electron chi connectivity index (χ2n) is 5.91. The highest BCUT2D eigenvalue weighted by molar-refractivity contribution is 6.05. The third-order valence-corrected chi connectivity index (χ3v) is 3.92. The number of nitrogen functional groups attached to an aromatic ring is 2. The molecule has 4 aromatic rings. The van der Waals surface area contributed by atoms with E-state index in [4.69, 9.17) is 15.9 Å². The maximum absolute atomic E-state index is 12.3. The van der Waals surface area contributed by atoms with Crippen molar-refractivity contribution in [3.8, 4) is 11.5 Å². The number of nitrogens with zero attached hydrogens (tertiary/aromatic N) is 1. The number of hydrogen-bond donors (Lipinski definition) is 3. The molecule has 0 saturated heterocycles. The Kier molecular flexibility index (Phi) is 3.78. The monoisotopic (exact) mass is 344 g/mol. The number of hydrogen-bond acceptors (Lipinski definition) is 5. The minimum atomic E-state index is -0.279. The van der Waals surface area contributed by atoms with E-state index in [0.29, 0.717) is 28.5 Å². The molecular weight excluding hydrogens is 328 g/mol. The molecule has 1 amide bonds. The van der Waals surface area contributed by atoms with Crippen LogP contribution in [-0.2, 0) is 0 Å². The first-order valence-corrected chi connectivity index (χ1v) is 8.02. The van der Waals surface area contributed by atoms with Gasteiger partial charge in [-0.2, -0.15) is 0 Å². The van der Waals surface area contributed by atoms with Gasteiger partial charge in [-0.05, 0) is 54.6 Å². The van der Waals surface area contributed by atoms with Crippen molar-refractivity contribution in [1.82, 2.24) is 4.98 Å². The molecule has 6 nitrogen and oxygen atoms in total. The number of anilines is 3. The summed E-state index contributed by atoms with van der Waals surface area (Å²) < 4.78 is 5.74. The molecule has 5 N–H and O–H groups in total. The standard InChI is InChI=1S/C20H16N4O2/c21-14-9-13(10-15(22)11-14)19(25)23-16-7-5-12(6-8-16)20-24-17-3-1-2-4-18(17)26-20/h1-11H,21-22H2,(H,23,25). The fourth-order valence-corrected chi connectivity index (χ4v) is 2.70. The van der Waals surface area contributed by atoms with E-state index in [1.165, 1.54) is 0 Å². The summed E-state index contributed by atoms with van der Waals surface area (Å²) in [7, 11) is 0. The molecule has 0 fully saturated rings. The summed E-state index contributed by atoms with van der Waals surface area (Å²) in [4.78, 5) is 16.8. The molecule has 0 atom stereocenters. The van der Waals surface area contributed by atoms with Gasteiger partial charge in [0.05, 0.1) is 0 Å². The van der Waals surface area contributed by atoms with E-state index < -0.39 is 0 Å². The van der Waals surface area contributed by atoms with Crippen LogP contribution in [0.1, 0.15) is 10.4 Å². The quantitative estimate of drug-likeness (QED) is 0.488. The summed E-state index contributed by atoms with van der Waals surface area (Å²) >= 11 is 0. The minimum absolute atomic E-state index is 0.279. The van der Waals surface area contributed by atoms with E-state index in [2.05, 4.69) is 10.3 Å². The summed E-state index contributed by atoms with van der Waals surface area (Å²) in [6.45, 7) is 0. The van der Waals surface area contributed by atoms with Crippen LogP contribution in [0.25, 0.3) is 22.6 Å². The van der Waals surface area contributed by atoms with Gasteiger partial charge in [0.15, 0.2) is 5.58 Å². The first kappa shape index (κ1) is 15.7. The molecule has 1 aromatic heterocycles. The number of oxazole rings is 1. The molecule has 0 spiro atoms. The number of benzene rings is 3.